The average Bonchev–Trinajstić information content (AvgIpc) is 2.88. The topological polar surface area (TPSA) is 202 Å². The van der Waals surface area contributed by atoms with E-state index in [0.29, 0.717) is 11.4 Å². The van der Waals surface area contributed by atoms with E-state index in [0.717, 1.165) is 6.42 Å². The zero-order valence-corrected chi connectivity index (χ0v) is 20.5. The van der Waals surface area contributed by atoms with Gasteiger partial charge in [-0.25, -0.2) is 14.8 Å². The lowest BCUT2D eigenvalue weighted by molar-refractivity contribution is -0.145. The number of rotatable bonds is 12. The molecule has 0 aliphatic heterocycles. The number of hydrogen-bond acceptors (Lipinski definition) is 10. The van der Waals surface area contributed by atoms with Gasteiger partial charge in [0.1, 0.15) is 6.04 Å². The Morgan fingerprint density at radius 3 is 2.59 bits per heavy atom. The smallest absolute Gasteiger partial charge is 0.326 e. The second kappa shape index (κ2) is 12.4. The number of fused-ring (bicyclic) bond motifs is 1. The van der Waals surface area contributed by atoms with Crippen LogP contribution in [-0.4, -0.2) is 55.5 Å². The Kier molecular flexibility index (Phi) is 9.08. The number of amides is 1. The van der Waals surface area contributed by atoms with E-state index in [2.05, 4.69) is 30.6 Å². The van der Waals surface area contributed by atoms with Gasteiger partial charge in [-0.2, -0.15) is 4.98 Å². The Labute approximate surface area is 211 Å². The largest absolute Gasteiger partial charge is 0.480 e. The molecule has 37 heavy (non-hydrogen) atoms. The van der Waals surface area contributed by atoms with E-state index >= 15 is 0 Å². The van der Waals surface area contributed by atoms with Crippen molar-refractivity contribution in [2.45, 2.75) is 45.7 Å². The second-order valence-corrected chi connectivity index (χ2v) is 8.52. The van der Waals surface area contributed by atoms with Gasteiger partial charge in [0.15, 0.2) is 11.2 Å². The predicted molar refractivity (Wildman–Crippen MR) is 135 cm³/mol. The first-order valence-electron chi connectivity index (χ1n) is 11.7. The molecule has 2 aromatic heterocycles. The molecule has 2 heterocycles. The first-order valence-corrected chi connectivity index (χ1v) is 11.7. The summed E-state index contributed by atoms with van der Waals surface area (Å²) in [5.74, 6) is -2.15. The number of aromatic amines is 1. The zero-order valence-electron chi connectivity index (χ0n) is 20.5. The van der Waals surface area contributed by atoms with E-state index in [1.807, 2.05) is 13.8 Å². The molecule has 1 aromatic carbocycles. The van der Waals surface area contributed by atoms with Crippen LogP contribution in [0.15, 0.2) is 35.3 Å². The number of nitrogens with two attached hydrogens (primary N) is 1. The van der Waals surface area contributed by atoms with Crippen LogP contribution in [0.1, 0.15) is 49.2 Å². The highest BCUT2D eigenvalue weighted by atomic mass is 16.5. The molecule has 1 amide bonds. The molecule has 0 spiro atoms. The van der Waals surface area contributed by atoms with E-state index in [1.165, 1.54) is 18.3 Å². The van der Waals surface area contributed by atoms with Gasteiger partial charge in [-0.05, 0) is 36.6 Å². The lowest BCUT2D eigenvalue weighted by atomic mass is 10.1. The van der Waals surface area contributed by atoms with Crippen molar-refractivity contribution in [3.05, 3.63) is 52.1 Å². The summed E-state index contributed by atoms with van der Waals surface area (Å²) in [6, 6.07) is 5.10. The summed E-state index contributed by atoms with van der Waals surface area (Å²) in [4.78, 5) is 62.6. The first kappa shape index (κ1) is 27.0. The molecular weight excluding hydrogens is 482 g/mol. The van der Waals surface area contributed by atoms with E-state index in [1.54, 1.807) is 12.1 Å². The molecular formula is C24H29N7O6. The van der Waals surface area contributed by atoms with Gasteiger partial charge in [-0.1, -0.05) is 20.3 Å². The lowest BCUT2D eigenvalue weighted by Gasteiger charge is -2.15. The van der Waals surface area contributed by atoms with Crippen molar-refractivity contribution < 1.29 is 24.2 Å². The van der Waals surface area contributed by atoms with Gasteiger partial charge in [0.05, 0.1) is 25.0 Å². The summed E-state index contributed by atoms with van der Waals surface area (Å²) in [5.41, 5.74) is 6.60. The molecule has 0 saturated heterocycles. The van der Waals surface area contributed by atoms with Gasteiger partial charge < -0.3 is 26.2 Å². The van der Waals surface area contributed by atoms with Crippen LogP contribution in [0.2, 0.25) is 0 Å². The van der Waals surface area contributed by atoms with E-state index in [-0.39, 0.29) is 54.6 Å². The first-order chi connectivity index (χ1) is 17.7. The summed E-state index contributed by atoms with van der Waals surface area (Å²) < 4.78 is 5.13. The number of nitrogens with zero attached hydrogens (tertiary/aromatic N) is 3. The molecule has 196 valence electrons. The monoisotopic (exact) mass is 511 g/mol. The minimum atomic E-state index is -1.24. The number of benzene rings is 1. The van der Waals surface area contributed by atoms with Crippen molar-refractivity contribution in [1.82, 2.24) is 25.3 Å². The number of hydrogen-bond donors (Lipinski definition) is 5. The van der Waals surface area contributed by atoms with Crippen LogP contribution in [0.5, 0.6) is 0 Å². The number of H-pyrrole nitrogens is 1. The standard InChI is InChI=1S/C24H29N7O6/c1-3-13(2)12-37-18(32)9-8-17(23(35)36)29-21(33)14-4-6-15(7-5-14)26-10-16-11-27-20-19(28-16)22(34)31-24(25)30-20/h4-7,11,13,17,26H,3,8-10,12H2,1-2H3,(H,29,33)(H,35,36)(H3,25,27,30,31,34). The number of carbonyl (C=O) groups excluding carboxylic acids is 2. The number of aromatic nitrogens is 4. The van der Waals surface area contributed by atoms with Gasteiger partial charge in [0.25, 0.3) is 11.5 Å². The molecule has 0 aliphatic carbocycles. The van der Waals surface area contributed by atoms with E-state index in [4.69, 9.17) is 10.5 Å². The van der Waals surface area contributed by atoms with Crippen molar-refractivity contribution in [3.8, 4) is 0 Å². The molecule has 0 radical (unpaired) electrons. The predicted octanol–water partition coefficient (Wildman–Crippen LogP) is 1.46. The number of aliphatic carboxylic acids is 1. The minimum Gasteiger partial charge on any atom is -0.480 e. The Balaban J connectivity index is 1.54. The summed E-state index contributed by atoms with van der Waals surface area (Å²) >= 11 is 0. The minimum absolute atomic E-state index is 0.0453. The number of carboxylic acid groups (broad SMARTS) is 1. The molecule has 13 nitrogen and oxygen atoms in total. The highest BCUT2D eigenvalue weighted by molar-refractivity contribution is 5.97. The highest BCUT2D eigenvalue weighted by Gasteiger charge is 2.22. The Bertz CT molecular complexity index is 1330. The van der Waals surface area contributed by atoms with Gasteiger partial charge >= 0.3 is 11.9 Å². The van der Waals surface area contributed by atoms with E-state index in [9.17, 15) is 24.3 Å². The number of carbonyl (C=O) groups is 3. The Hall–Kier alpha value is -4.55. The molecule has 2 unspecified atom stereocenters. The summed E-state index contributed by atoms with van der Waals surface area (Å²) in [5, 5.41) is 15.0. The van der Waals surface area contributed by atoms with Gasteiger partial charge in [0, 0.05) is 17.7 Å². The van der Waals surface area contributed by atoms with Crippen molar-refractivity contribution >= 4 is 40.6 Å². The highest BCUT2D eigenvalue weighted by Crippen LogP contribution is 2.12. The number of ether oxygens (including phenoxy) is 1. The molecule has 13 heteroatoms. The Morgan fingerprint density at radius 2 is 1.92 bits per heavy atom. The molecule has 0 aliphatic rings. The second-order valence-electron chi connectivity index (χ2n) is 8.52. The lowest BCUT2D eigenvalue weighted by Crippen LogP contribution is -2.41. The Morgan fingerprint density at radius 1 is 1.19 bits per heavy atom. The van der Waals surface area contributed by atoms with E-state index < -0.39 is 29.4 Å². The van der Waals surface area contributed by atoms with Crippen LogP contribution in [0.4, 0.5) is 11.6 Å². The third kappa shape index (κ3) is 7.72. The molecule has 0 saturated carbocycles. The molecule has 6 N–H and O–H groups in total. The van der Waals surface area contributed by atoms with Crippen LogP contribution in [0, 0.1) is 5.92 Å². The number of nitrogen functional groups attached to an aromatic ring is 1. The normalized spacial score (nSPS) is 12.5. The van der Waals surface area contributed by atoms with Crippen molar-refractivity contribution in [3.63, 3.8) is 0 Å². The summed E-state index contributed by atoms with van der Waals surface area (Å²) in [7, 11) is 0. The maximum atomic E-state index is 12.6. The summed E-state index contributed by atoms with van der Waals surface area (Å²) in [6.07, 6.45) is 2.12. The summed E-state index contributed by atoms with van der Waals surface area (Å²) in [6.45, 7) is 4.45. The van der Waals surface area contributed by atoms with Crippen molar-refractivity contribution in [2.75, 3.05) is 17.7 Å². The fourth-order valence-corrected chi connectivity index (χ4v) is 3.17. The number of anilines is 2. The number of esters is 1. The van der Waals surface area contributed by atoms with Gasteiger partial charge in [-0.3, -0.25) is 19.4 Å². The quantitative estimate of drug-likeness (QED) is 0.220. The van der Waals surface area contributed by atoms with Crippen LogP contribution >= 0.6 is 0 Å². The maximum Gasteiger partial charge on any atom is 0.326 e. The third-order valence-corrected chi connectivity index (χ3v) is 5.57. The van der Waals surface area contributed by atoms with Crippen LogP contribution in [0.25, 0.3) is 11.2 Å². The van der Waals surface area contributed by atoms with Crippen LogP contribution < -0.4 is 21.9 Å². The zero-order chi connectivity index (χ0) is 26.9. The molecule has 0 fully saturated rings. The van der Waals surface area contributed by atoms with Gasteiger partial charge in [0.2, 0.25) is 5.95 Å². The molecule has 3 rings (SSSR count). The fraction of sp³-hybridized carbons (Fsp3) is 0.375. The maximum absolute atomic E-state index is 12.6. The van der Waals surface area contributed by atoms with Crippen LogP contribution in [0.3, 0.4) is 0 Å². The molecule has 2 atom stereocenters. The number of nitrogens with one attached hydrogen (secondary N) is 3. The average molecular weight is 512 g/mol. The van der Waals surface area contributed by atoms with Crippen LogP contribution in [-0.2, 0) is 20.9 Å². The molecule has 3 aromatic rings. The molecule has 0 bridgehead atoms. The van der Waals surface area contributed by atoms with Crippen molar-refractivity contribution in [2.24, 2.45) is 5.92 Å². The fourth-order valence-electron chi connectivity index (χ4n) is 3.17. The number of carboxylic acids is 1. The SMILES string of the molecule is CCC(C)COC(=O)CCC(NC(=O)c1ccc(NCc2cnc3nc(N)[nH]c(=O)c3n2)cc1)C(=O)O. The third-order valence-electron chi connectivity index (χ3n) is 5.57. The van der Waals surface area contributed by atoms with Gasteiger partial charge in [-0.15, -0.1) is 0 Å². The van der Waals surface area contributed by atoms with Crippen molar-refractivity contribution in [1.29, 1.82) is 0 Å².